The Morgan fingerprint density at radius 2 is 1.72 bits per heavy atom. The number of ether oxygens (including phenoxy) is 1. The third-order valence-electron chi connectivity index (χ3n) is 3.36. The maximum atomic E-state index is 11.1. The van der Waals surface area contributed by atoms with Gasteiger partial charge in [-0.3, -0.25) is 5.32 Å². The van der Waals surface area contributed by atoms with E-state index in [1.807, 2.05) is 33.8 Å². The first-order chi connectivity index (χ1) is 14.0. The number of rotatable bonds is 5. The molecule has 0 bridgehead atoms. The molecule has 0 unspecified atom stereocenters. The number of hydrogen-bond donors (Lipinski definition) is 1. The van der Waals surface area contributed by atoms with Crippen molar-refractivity contribution in [3.63, 3.8) is 0 Å². The van der Waals surface area contributed by atoms with Gasteiger partial charge in [0.15, 0.2) is 0 Å². The lowest BCUT2D eigenvalue weighted by atomic mass is 10.1. The fourth-order valence-corrected chi connectivity index (χ4v) is 2.04. The maximum absolute atomic E-state index is 11.1. The lowest BCUT2D eigenvalue weighted by Gasteiger charge is -2.04. The van der Waals surface area contributed by atoms with Crippen molar-refractivity contribution in [1.82, 2.24) is 4.98 Å². The minimum atomic E-state index is -0.455. The Bertz CT molecular complexity index is 662. The van der Waals surface area contributed by atoms with Gasteiger partial charge in [0.1, 0.15) is 12.1 Å². The van der Waals surface area contributed by atoms with Gasteiger partial charge in [0.2, 0.25) is 0 Å². The molecule has 2 aromatic rings. The molecule has 2 rings (SSSR count). The summed E-state index contributed by atoms with van der Waals surface area (Å²) in [5, 5.41) is 2.53. The first-order valence-electron chi connectivity index (χ1n) is 10.3. The van der Waals surface area contributed by atoms with Crippen LogP contribution >= 0.6 is 0 Å². The number of nitrogens with one attached hydrogen (secondary N) is 1. The van der Waals surface area contributed by atoms with Crippen molar-refractivity contribution in [2.24, 2.45) is 0 Å². The van der Waals surface area contributed by atoms with Crippen LogP contribution in [0.3, 0.4) is 0 Å². The zero-order valence-electron chi connectivity index (χ0n) is 19.1. The van der Waals surface area contributed by atoms with Crippen molar-refractivity contribution < 1.29 is 15.8 Å². The van der Waals surface area contributed by atoms with E-state index in [0.717, 1.165) is 18.3 Å². The molecule has 1 aromatic heterocycles. The summed E-state index contributed by atoms with van der Waals surface area (Å²) in [4.78, 5) is 23.9. The van der Waals surface area contributed by atoms with Crippen LogP contribution in [0.15, 0.2) is 42.6 Å². The molecule has 1 heterocycles. The molecule has 5 heteroatoms. The number of carbonyl (C=O) groups is 2. The number of aromatic nitrogens is 1. The molecule has 0 fully saturated rings. The molecule has 0 saturated carbocycles. The SMILES string of the molecule is CC.CC=O.CCCOC(=O)Nc1ccc(C)cn1.CCCc1ccccc1C.[HH]. The molecule has 164 valence electrons. The van der Waals surface area contributed by atoms with E-state index in [0.29, 0.717) is 12.4 Å². The summed E-state index contributed by atoms with van der Waals surface area (Å²) in [5.41, 5.74) is 3.96. The van der Waals surface area contributed by atoms with Crippen molar-refractivity contribution in [2.75, 3.05) is 11.9 Å². The summed E-state index contributed by atoms with van der Waals surface area (Å²) in [5.74, 6) is 0.511. The van der Waals surface area contributed by atoms with E-state index < -0.39 is 6.09 Å². The zero-order valence-corrected chi connectivity index (χ0v) is 19.1. The van der Waals surface area contributed by atoms with Crippen LogP contribution < -0.4 is 5.32 Å². The van der Waals surface area contributed by atoms with Gasteiger partial charge in [-0.25, -0.2) is 9.78 Å². The van der Waals surface area contributed by atoms with E-state index in [2.05, 4.69) is 48.4 Å². The van der Waals surface area contributed by atoms with E-state index in [4.69, 9.17) is 9.53 Å². The topological polar surface area (TPSA) is 68.3 Å². The van der Waals surface area contributed by atoms with Crippen LogP contribution in [0.1, 0.15) is 65.6 Å². The summed E-state index contributed by atoms with van der Waals surface area (Å²) >= 11 is 0. The Morgan fingerprint density at radius 3 is 2.21 bits per heavy atom. The lowest BCUT2D eigenvalue weighted by Crippen LogP contribution is -2.14. The molecular formula is C24H40N2O3. The number of pyridine rings is 1. The monoisotopic (exact) mass is 404 g/mol. The van der Waals surface area contributed by atoms with Crippen LogP contribution in [0.5, 0.6) is 0 Å². The highest BCUT2D eigenvalue weighted by molar-refractivity contribution is 5.83. The van der Waals surface area contributed by atoms with Crippen molar-refractivity contribution in [3.05, 3.63) is 59.3 Å². The number of aldehydes is 1. The fraction of sp³-hybridized carbons (Fsp3) is 0.458. The lowest BCUT2D eigenvalue weighted by molar-refractivity contribution is -0.106. The second kappa shape index (κ2) is 20.1. The molecule has 1 aromatic carbocycles. The van der Waals surface area contributed by atoms with Gasteiger partial charge in [0, 0.05) is 7.62 Å². The standard InChI is InChI=1S/C10H14N2O2.C10H14.C2H4O.C2H6.H2/c1-3-6-14-10(13)12-9-5-4-8(2)7-11-9;1-3-6-10-8-5-4-7-9(10)2;1-2-3;1-2;/h4-5,7H,3,6H2,1-2H3,(H,11,12,13);4-5,7-8H,3,6H2,1-2H3;2H,1H3;1-2H3;1H. The van der Waals surface area contributed by atoms with Gasteiger partial charge in [-0.05, 0) is 56.4 Å². The molecule has 0 aliphatic carbocycles. The van der Waals surface area contributed by atoms with Gasteiger partial charge in [-0.2, -0.15) is 0 Å². The molecule has 1 amide bonds. The van der Waals surface area contributed by atoms with Gasteiger partial charge in [-0.15, -0.1) is 0 Å². The number of nitrogens with zero attached hydrogens (tertiary/aromatic N) is 1. The largest absolute Gasteiger partial charge is 0.449 e. The Morgan fingerprint density at radius 1 is 1.10 bits per heavy atom. The van der Waals surface area contributed by atoms with Crippen molar-refractivity contribution in [1.29, 1.82) is 0 Å². The van der Waals surface area contributed by atoms with Gasteiger partial charge in [0.25, 0.3) is 0 Å². The Balaban J connectivity index is -0.000000401. The predicted octanol–water partition coefficient (Wildman–Crippen LogP) is 6.77. The highest BCUT2D eigenvalue weighted by atomic mass is 16.5. The first-order valence-corrected chi connectivity index (χ1v) is 10.3. The van der Waals surface area contributed by atoms with Crippen LogP contribution in [0.4, 0.5) is 10.6 Å². The number of hydrogen-bond acceptors (Lipinski definition) is 4. The third-order valence-corrected chi connectivity index (χ3v) is 3.36. The molecule has 0 atom stereocenters. The summed E-state index contributed by atoms with van der Waals surface area (Å²) in [6.07, 6.45) is 5.25. The maximum Gasteiger partial charge on any atom is 0.412 e. The Labute approximate surface area is 178 Å². The van der Waals surface area contributed by atoms with Crippen LogP contribution in [0.25, 0.3) is 0 Å². The van der Waals surface area contributed by atoms with Crippen molar-refractivity contribution in [2.45, 2.75) is 67.7 Å². The highest BCUT2D eigenvalue weighted by Crippen LogP contribution is 2.08. The second-order valence-corrected chi connectivity index (χ2v) is 5.89. The number of anilines is 1. The molecule has 5 nitrogen and oxygen atoms in total. The van der Waals surface area contributed by atoms with E-state index in [1.54, 1.807) is 12.3 Å². The van der Waals surface area contributed by atoms with Gasteiger partial charge in [-0.1, -0.05) is 64.4 Å². The normalized spacial score (nSPS) is 8.66. The molecular weight excluding hydrogens is 364 g/mol. The predicted molar refractivity (Wildman–Crippen MR) is 125 cm³/mol. The fourth-order valence-electron chi connectivity index (χ4n) is 2.04. The third kappa shape index (κ3) is 16.0. The van der Waals surface area contributed by atoms with Crippen LogP contribution in [0.2, 0.25) is 0 Å². The molecule has 0 aliphatic rings. The van der Waals surface area contributed by atoms with Crippen molar-refractivity contribution in [3.8, 4) is 0 Å². The van der Waals surface area contributed by atoms with E-state index in [-0.39, 0.29) is 1.43 Å². The highest BCUT2D eigenvalue weighted by Gasteiger charge is 2.02. The summed E-state index contributed by atoms with van der Waals surface area (Å²) in [7, 11) is 0. The van der Waals surface area contributed by atoms with Gasteiger partial charge >= 0.3 is 6.09 Å². The average Bonchev–Trinajstić information content (AvgIpc) is 2.73. The van der Waals surface area contributed by atoms with E-state index in [9.17, 15) is 4.79 Å². The average molecular weight is 405 g/mol. The minimum absolute atomic E-state index is 0. The van der Waals surface area contributed by atoms with Crippen LogP contribution in [-0.2, 0) is 16.0 Å². The van der Waals surface area contributed by atoms with Gasteiger partial charge < -0.3 is 9.53 Å². The molecule has 0 saturated heterocycles. The quantitative estimate of drug-likeness (QED) is 0.558. The Kier molecular flexibility index (Phi) is 19.7. The zero-order chi connectivity index (χ0) is 22.5. The van der Waals surface area contributed by atoms with Crippen LogP contribution in [-0.4, -0.2) is 24.0 Å². The number of carbonyl (C=O) groups excluding carboxylic acids is 2. The molecule has 0 aliphatic heterocycles. The number of amides is 1. The van der Waals surface area contributed by atoms with E-state index in [1.165, 1.54) is 30.9 Å². The van der Waals surface area contributed by atoms with Gasteiger partial charge in [0.05, 0.1) is 6.61 Å². The molecule has 0 spiro atoms. The molecule has 29 heavy (non-hydrogen) atoms. The van der Waals surface area contributed by atoms with Crippen molar-refractivity contribution >= 4 is 18.2 Å². The second-order valence-electron chi connectivity index (χ2n) is 5.89. The van der Waals surface area contributed by atoms with E-state index >= 15 is 0 Å². The molecule has 1 N–H and O–H groups in total. The minimum Gasteiger partial charge on any atom is -0.449 e. The number of aryl methyl sites for hydroxylation is 3. The first kappa shape index (κ1) is 28.5. The molecule has 0 radical (unpaired) electrons. The summed E-state index contributed by atoms with van der Waals surface area (Å²) in [6, 6.07) is 12.2. The number of benzene rings is 1. The smallest absolute Gasteiger partial charge is 0.412 e. The summed E-state index contributed by atoms with van der Waals surface area (Å²) in [6.45, 7) is 14.1. The summed E-state index contributed by atoms with van der Waals surface area (Å²) < 4.78 is 4.84. The van der Waals surface area contributed by atoms with Crippen LogP contribution in [0, 0.1) is 13.8 Å². The Hall–Kier alpha value is -2.69.